The van der Waals surface area contributed by atoms with E-state index in [4.69, 9.17) is 0 Å². The van der Waals surface area contributed by atoms with Crippen molar-refractivity contribution in [2.24, 2.45) is 5.41 Å². The molecule has 0 saturated heterocycles. The van der Waals surface area contributed by atoms with Gasteiger partial charge in [-0.2, -0.15) is 0 Å². The molecule has 1 aliphatic rings. The number of hydrogen-bond donors (Lipinski definition) is 1. The fourth-order valence-corrected chi connectivity index (χ4v) is 4.00. The van der Waals surface area contributed by atoms with Gasteiger partial charge in [0.25, 0.3) is 0 Å². The summed E-state index contributed by atoms with van der Waals surface area (Å²) in [6, 6.07) is 2.10. The van der Waals surface area contributed by atoms with Crippen molar-refractivity contribution >= 4 is 33.2 Å². The summed E-state index contributed by atoms with van der Waals surface area (Å²) in [5.74, 6) is -0.627. The minimum Gasteiger partial charge on any atom is -0.481 e. The lowest BCUT2D eigenvalue weighted by molar-refractivity contribution is -0.149. The van der Waals surface area contributed by atoms with E-state index in [1.165, 1.54) is 5.56 Å². The van der Waals surface area contributed by atoms with E-state index >= 15 is 0 Å². The Labute approximate surface area is 120 Å². The molecule has 1 aromatic rings. The number of carboxylic acid groups (broad SMARTS) is 1. The molecule has 0 amide bonds. The lowest BCUT2D eigenvalue weighted by atomic mass is 9.86. The van der Waals surface area contributed by atoms with Crippen LogP contribution in [0.15, 0.2) is 15.2 Å². The number of hydrogen-bond acceptors (Lipinski definition) is 3. The summed E-state index contributed by atoms with van der Waals surface area (Å²) in [7, 11) is 2.01. The molecule has 3 nitrogen and oxygen atoms in total. The van der Waals surface area contributed by atoms with Gasteiger partial charge < -0.3 is 10.0 Å². The highest BCUT2D eigenvalue weighted by Crippen LogP contribution is 2.39. The van der Waals surface area contributed by atoms with E-state index in [2.05, 4.69) is 32.3 Å². The molecule has 1 N–H and O–H groups in total. The summed E-state index contributed by atoms with van der Waals surface area (Å²) in [5, 5.41) is 11.6. The Morgan fingerprint density at radius 2 is 2.22 bits per heavy atom. The number of carboxylic acids is 1. The Balaban J connectivity index is 1.97. The van der Waals surface area contributed by atoms with Crippen molar-refractivity contribution < 1.29 is 9.90 Å². The van der Waals surface area contributed by atoms with Crippen LogP contribution in [0.2, 0.25) is 0 Å². The van der Waals surface area contributed by atoms with E-state index in [0.29, 0.717) is 6.54 Å². The van der Waals surface area contributed by atoms with Crippen molar-refractivity contribution in [2.45, 2.75) is 32.2 Å². The van der Waals surface area contributed by atoms with E-state index in [1.54, 1.807) is 11.3 Å². The Morgan fingerprint density at radius 3 is 2.72 bits per heavy atom. The molecule has 1 saturated carbocycles. The first-order valence-electron chi connectivity index (χ1n) is 6.17. The Hall–Kier alpha value is -0.390. The molecule has 1 fully saturated rings. The van der Waals surface area contributed by atoms with Crippen LogP contribution >= 0.6 is 27.3 Å². The summed E-state index contributed by atoms with van der Waals surface area (Å²) < 4.78 is 1.12. The molecular formula is C13H18BrNO2S. The van der Waals surface area contributed by atoms with E-state index < -0.39 is 11.4 Å². The van der Waals surface area contributed by atoms with Crippen LogP contribution in [-0.4, -0.2) is 29.6 Å². The average Bonchev–Trinajstić information content (AvgIpc) is 2.89. The van der Waals surface area contributed by atoms with Gasteiger partial charge in [0.05, 0.1) is 9.20 Å². The first-order valence-corrected chi connectivity index (χ1v) is 7.84. The van der Waals surface area contributed by atoms with E-state index in [-0.39, 0.29) is 0 Å². The second kappa shape index (κ2) is 5.72. The second-order valence-electron chi connectivity index (χ2n) is 5.22. The van der Waals surface area contributed by atoms with Crippen molar-refractivity contribution in [3.8, 4) is 0 Å². The van der Waals surface area contributed by atoms with Gasteiger partial charge in [-0.25, -0.2) is 0 Å². The first-order chi connectivity index (χ1) is 8.52. The van der Waals surface area contributed by atoms with E-state index in [9.17, 15) is 9.90 Å². The fraction of sp³-hybridized carbons (Fsp3) is 0.615. The molecule has 0 aromatic carbocycles. The zero-order valence-corrected chi connectivity index (χ0v) is 12.9. The summed E-state index contributed by atoms with van der Waals surface area (Å²) in [4.78, 5) is 13.6. The summed E-state index contributed by atoms with van der Waals surface area (Å²) >= 11 is 5.12. The molecule has 0 radical (unpaired) electrons. The topological polar surface area (TPSA) is 40.5 Å². The molecule has 18 heavy (non-hydrogen) atoms. The zero-order valence-electron chi connectivity index (χ0n) is 10.5. The summed E-state index contributed by atoms with van der Waals surface area (Å²) in [5.41, 5.74) is 0.732. The molecule has 0 unspecified atom stereocenters. The van der Waals surface area contributed by atoms with Gasteiger partial charge in [0.2, 0.25) is 0 Å². The van der Waals surface area contributed by atoms with Crippen molar-refractivity contribution in [3.63, 3.8) is 0 Å². The largest absolute Gasteiger partial charge is 0.481 e. The number of halogens is 1. The number of carbonyl (C=O) groups is 1. The van der Waals surface area contributed by atoms with Crippen LogP contribution in [0.25, 0.3) is 0 Å². The smallest absolute Gasteiger partial charge is 0.310 e. The molecule has 100 valence electrons. The van der Waals surface area contributed by atoms with Gasteiger partial charge >= 0.3 is 5.97 Å². The minimum atomic E-state index is -0.627. The third kappa shape index (κ3) is 3.13. The maximum atomic E-state index is 11.5. The minimum absolute atomic E-state index is 0.512. The first kappa shape index (κ1) is 14.0. The monoisotopic (exact) mass is 331 g/mol. The Kier molecular flexibility index (Phi) is 4.45. The number of nitrogens with zero attached hydrogens (tertiary/aromatic N) is 1. The Morgan fingerprint density at radius 1 is 1.56 bits per heavy atom. The fourth-order valence-electron chi connectivity index (χ4n) is 2.80. The highest BCUT2D eigenvalue weighted by molar-refractivity contribution is 9.11. The molecule has 0 bridgehead atoms. The summed E-state index contributed by atoms with van der Waals surface area (Å²) in [6.45, 7) is 1.47. The Bertz CT molecular complexity index is 426. The maximum Gasteiger partial charge on any atom is 0.310 e. The van der Waals surface area contributed by atoms with Gasteiger partial charge in [-0.05, 0) is 52.8 Å². The molecule has 0 aliphatic heterocycles. The predicted molar refractivity (Wildman–Crippen MR) is 76.9 cm³/mol. The van der Waals surface area contributed by atoms with Gasteiger partial charge in [0.1, 0.15) is 0 Å². The second-order valence-corrected chi connectivity index (χ2v) is 7.51. The third-order valence-corrected chi connectivity index (χ3v) is 5.21. The zero-order chi connectivity index (χ0) is 13.2. The quantitative estimate of drug-likeness (QED) is 0.896. The molecule has 1 aliphatic carbocycles. The van der Waals surface area contributed by atoms with Crippen LogP contribution in [0, 0.1) is 5.41 Å². The van der Waals surface area contributed by atoms with Crippen LogP contribution < -0.4 is 0 Å². The van der Waals surface area contributed by atoms with Gasteiger partial charge in [-0.15, -0.1) is 11.3 Å². The van der Waals surface area contributed by atoms with Crippen molar-refractivity contribution in [1.29, 1.82) is 0 Å². The molecule has 0 atom stereocenters. The molecular weight excluding hydrogens is 314 g/mol. The average molecular weight is 332 g/mol. The number of thiophene rings is 1. The van der Waals surface area contributed by atoms with Crippen molar-refractivity contribution in [3.05, 3.63) is 20.8 Å². The van der Waals surface area contributed by atoms with Crippen LogP contribution in [0.1, 0.15) is 31.2 Å². The van der Waals surface area contributed by atoms with Crippen LogP contribution in [0.3, 0.4) is 0 Å². The van der Waals surface area contributed by atoms with Crippen molar-refractivity contribution in [2.75, 3.05) is 13.6 Å². The molecule has 5 heteroatoms. The predicted octanol–water partition coefficient (Wildman–Crippen LogP) is 3.59. The lowest BCUT2D eigenvalue weighted by Gasteiger charge is -2.29. The molecule has 0 spiro atoms. The van der Waals surface area contributed by atoms with Gasteiger partial charge in [0.15, 0.2) is 0 Å². The highest BCUT2D eigenvalue weighted by Gasteiger charge is 2.41. The lowest BCUT2D eigenvalue weighted by Crippen LogP contribution is -2.39. The van der Waals surface area contributed by atoms with Gasteiger partial charge in [0, 0.05) is 13.1 Å². The standard InChI is InChI=1S/C13H18BrNO2S/c1-15(7-10-6-11(14)18-8-10)9-13(12(16)17)4-2-3-5-13/h6,8H,2-5,7,9H2,1H3,(H,16,17). The highest BCUT2D eigenvalue weighted by atomic mass is 79.9. The van der Waals surface area contributed by atoms with Crippen LogP contribution in [0.5, 0.6) is 0 Å². The van der Waals surface area contributed by atoms with Gasteiger partial charge in [-0.1, -0.05) is 12.8 Å². The maximum absolute atomic E-state index is 11.5. The molecule has 2 rings (SSSR count). The van der Waals surface area contributed by atoms with E-state index in [0.717, 1.165) is 36.0 Å². The van der Waals surface area contributed by atoms with Crippen LogP contribution in [-0.2, 0) is 11.3 Å². The SMILES string of the molecule is CN(Cc1csc(Br)c1)CC1(C(=O)O)CCCC1. The van der Waals surface area contributed by atoms with Crippen molar-refractivity contribution in [1.82, 2.24) is 4.90 Å². The van der Waals surface area contributed by atoms with Crippen LogP contribution in [0.4, 0.5) is 0 Å². The molecule has 1 heterocycles. The van der Waals surface area contributed by atoms with Gasteiger partial charge in [-0.3, -0.25) is 4.79 Å². The third-order valence-electron chi connectivity index (χ3n) is 3.66. The van der Waals surface area contributed by atoms with E-state index in [1.807, 2.05) is 7.05 Å². The number of rotatable bonds is 5. The summed E-state index contributed by atoms with van der Waals surface area (Å²) in [6.07, 6.45) is 3.73. The number of aliphatic carboxylic acids is 1. The molecule has 1 aromatic heterocycles. The normalized spacial score (nSPS) is 18.4.